The van der Waals surface area contributed by atoms with Gasteiger partial charge in [0.25, 0.3) is 0 Å². The fraction of sp³-hybridized carbons (Fsp3) is 0.278. The van der Waals surface area contributed by atoms with E-state index in [0.29, 0.717) is 18.3 Å². The summed E-state index contributed by atoms with van der Waals surface area (Å²) in [6, 6.07) is 12.3. The van der Waals surface area contributed by atoms with Gasteiger partial charge in [-0.05, 0) is 43.2 Å². The van der Waals surface area contributed by atoms with Crippen molar-refractivity contribution in [3.63, 3.8) is 0 Å². The summed E-state index contributed by atoms with van der Waals surface area (Å²) in [5.41, 5.74) is 2.48. The van der Waals surface area contributed by atoms with Crippen LogP contribution in [0.3, 0.4) is 0 Å². The highest BCUT2D eigenvalue weighted by Crippen LogP contribution is 2.39. The van der Waals surface area contributed by atoms with Crippen LogP contribution in [0.15, 0.2) is 42.5 Å². The molecular formula is C18H17ClFN3O. The Hall–Kier alpha value is -2.27. The molecule has 4 nitrogen and oxygen atoms in total. The van der Waals surface area contributed by atoms with Crippen LogP contribution in [0.5, 0.6) is 0 Å². The highest BCUT2D eigenvalue weighted by molar-refractivity contribution is 6.31. The topological polar surface area (TPSA) is 35.6 Å². The zero-order chi connectivity index (χ0) is 16.7. The van der Waals surface area contributed by atoms with Crippen LogP contribution in [-0.4, -0.2) is 25.2 Å². The van der Waals surface area contributed by atoms with Crippen molar-refractivity contribution in [2.45, 2.75) is 18.9 Å². The molecule has 0 bridgehead atoms. The molecular weight excluding hydrogens is 329 g/mol. The number of nitrogens with one attached hydrogen (secondary N) is 1. The van der Waals surface area contributed by atoms with Gasteiger partial charge in [-0.15, -0.1) is 0 Å². The van der Waals surface area contributed by atoms with Crippen molar-refractivity contribution in [3.05, 3.63) is 53.3 Å². The lowest BCUT2D eigenvalue weighted by Gasteiger charge is -2.40. The van der Waals surface area contributed by atoms with Gasteiger partial charge >= 0.3 is 6.03 Å². The van der Waals surface area contributed by atoms with Crippen LogP contribution < -0.4 is 15.1 Å². The van der Waals surface area contributed by atoms with Gasteiger partial charge in [0.15, 0.2) is 0 Å². The number of hydrogen-bond acceptors (Lipinski definition) is 2. The van der Waals surface area contributed by atoms with E-state index in [0.717, 1.165) is 30.8 Å². The molecule has 1 N–H and O–H groups in total. The number of hydrogen-bond donors (Lipinski definition) is 1. The monoisotopic (exact) mass is 345 g/mol. The van der Waals surface area contributed by atoms with Crippen molar-refractivity contribution < 1.29 is 9.18 Å². The van der Waals surface area contributed by atoms with Gasteiger partial charge in [0, 0.05) is 24.8 Å². The van der Waals surface area contributed by atoms with Crippen LogP contribution in [0.25, 0.3) is 0 Å². The normalized spacial score (nSPS) is 19.0. The minimum absolute atomic E-state index is 0.00573. The summed E-state index contributed by atoms with van der Waals surface area (Å²) in [6.07, 6.45) is 2.22. The van der Waals surface area contributed by atoms with E-state index in [1.165, 1.54) is 18.2 Å². The summed E-state index contributed by atoms with van der Waals surface area (Å²) in [7, 11) is 0. The van der Waals surface area contributed by atoms with E-state index < -0.39 is 5.82 Å². The number of amides is 2. The molecule has 0 unspecified atom stereocenters. The molecule has 4 rings (SSSR count). The molecule has 2 aromatic carbocycles. The van der Waals surface area contributed by atoms with Crippen molar-refractivity contribution in [1.29, 1.82) is 0 Å². The summed E-state index contributed by atoms with van der Waals surface area (Å²) in [5.74, 6) is -0.500. The lowest BCUT2D eigenvalue weighted by atomic mass is 10.1. The SMILES string of the molecule is O=C(Nc1ccc(F)c(Cl)c1)N1C[C@@H]2CCCN2c2ccccc21. The number of nitrogens with zero attached hydrogens (tertiary/aromatic N) is 2. The Morgan fingerprint density at radius 3 is 2.79 bits per heavy atom. The molecule has 24 heavy (non-hydrogen) atoms. The van der Waals surface area contributed by atoms with Gasteiger partial charge in [-0.1, -0.05) is 23.7 Å². The van der Waals surface area contributed by atoms with Crippen LogP contribution in [0.2, 0.25) is 5.02 Å². The molecule has 0 spiro atoms. The second kappa shape index (κ2) is 5.98. The maximum absolute atomic E-state index is 13.3. The number of para-hydroxylation sites is 2. The van der Waals surface area contributed by atoms with E-state index >= 15 is 0 Å². The molecule has 1 saturated heterocycles. The van der Waals surface area contributed by atoms with Gasteiger partial charge in [0.2, 0.25) is 0 Å². The van der Waals surface area contributed by atoms with E-state index in [1.54, 1.807) is 4.90 Å². The summed E-state index contributed by atoms with van der Waals surface area (Å²) in [4.78, 5) is 16.9. The first-order chi connectivity index (χ1) is 11.6. The Balaban J connectivity index is 1.62. The standard InChI is InChI=1S/C18H17ClFN3O/c19-14-10-12(7-8-15(14)20)21-18(24)23-11-13-4-3-9-22(13)16-5-1-2-6-17(16)23/h1-2,5-8,10,13H,3-4,9,11H2,(H,21,24)/t13-/m0/s1. The third-order valence-electron chi connectivity index (χ3n) is 4.67. The summed E-state index contributed by atoms with van der Waals surface area (Å²) >= 11 is 5.79. The molecule has 124 valence electrons. The van der Waals surface area contributed by atoms with Crippen molar-refractivity contribution in [3.8, 4) is 0 Å². The average Bonchev–Trinajstić information content (AvgIpc) is 3.06. The Kier molecular flexibility index (Phi) is 3.81. The number of urea groups is 1. The number of rotatable bonds is 1. The lowest BCUT2D eigenvalue weighted by Crippen LogP contribution is -2.49. The number of benzene rings is 2. The Morgan fingerprint density at radius 1 is 1.21 bits per heavy atom. The summed E-state index contributed by atoms with van der Waals surface area (Å²) in [5, 5.41) is 2.81. The third kappa shape index (κ3) is 2.59. The first kappa shape index (κ1) is 15.3. The van der Waals surface area contributed by atoms with Crippen LogP contribution in [-0.2, 0) is 0 Å². The predicted octanol–water partition coefficient (Wildman–Crippen LogP) is 4.50. The Morgan fingerprint density at radius 2 is 2.00 bits per heavy atom. The van der Waals surface area contributed by atoms with Crippen LogP contribution in [0.1, 0.15) is 12.8 Å². The van der Waals surface area contributed by atoms with E-state index in [2.05, 4.69) is 16.3 Å². The second-order valence-corrected chi connectivity index (χ2v) is 6.56. The van der Waals surface area contributed by atoms with E-state index in [1.807, 2.05) is 18.2 Å². The predicted molar refractivity (Wildman–Crippen MR) is 94.6 cm³/mol. The number of halogens is 2. The van der Waals surface area contributed by atoms with Crippen molar-refractivity contribution in [2.75, 3.05) is 28.2 Å². The maximum atomic E-state index is 13.3. The number of anilines is 3. The van der Waals surface area contributed by atoms with Gasteiger partial charge in [0.1, 0.15) is 5.82 Å². The molecule has 0 aliphatic carbocycles. The molecule has 0 aromatic heterocycles. The number of fused-ring (bicyclic) bond motifs is 3. The summed E-state index contributed by atoms with van der Waals surface area (Å²) < 4.78 is 13.3. The van der Waals surface area contributed by atoms with Crippen LogP contribution in [0, 0.1) is 5.82 Å². The van der Waals surface area contributed by atoms with Gasteiger partial charge < -0.3 is 10.2 Å². The smallest absolute Gasteiger partial charge is 0.326 e. The molecule has 1 fully saturated rings. The lowest BCUT2D eigenvalue weighted by molar-refractivity contribution is 0.256. The maximum Gasteiger partial charge on any atom is 0.326 e. The molecule has 2 aliphatic rings. The summed E-state index contributed by atoms with van der Waals surface area (Å²) in [6.45, 7) is 1.68. The zero-order valence-electron chi connectivity index (χ0n) is 13.0. The average molecular weight is 346 g/mol. The van der Waals surface area contributed by atoms with Gasteiger partial charge in [0.05, 0.1) is 16.4 Å². The highest BCUT2D eigenvalue weighted by Gasteiger charge is 2.36. The Bertz CT molecular complexity index is 798. The van der Waals surface area contributed by atoms with Crippen molar-refractivity contribution in [2.24, 2.45) is 0 Å². The van der Waals surface area contributed by atoms with Gasteiger partial charge in [-0.25, -0.2) is 9.18 Å². The number of carbonyl (C=O) groups excluding carboxylic acids is 1. The highest BCUT2D eigenvalue weighted by atomic mass is 35.5. The molecule has 0 radical (unpaired) electrons. The molecule has 2 heterocycles. The zero-order valence-corrected chi connectivity index (χ0v) is 13.8. The molecule has 2 amide bonds. The van der Waals surface area contributed by atoms with E-state index in [9.17, 15) is 9.18 Å². The molecule has 6 heteroatoms. The van der Waals surface area contributed by atoms with E-state index in [-0.39, 0.29) is 11.1 Å². The largest absolute Gasteiger partial charge is 0.365 e. The molecule has 2 aromatic rings. The number of carbonyl (C=O) groups is 1. The molecule has 2 aliphatic heterocycles. The fourth-order valence-corrected chi connectivity index (χ4v) is 3.72. The van der Waals surface area contributed by atoms with Crippen LogP contribution in [0.4, 0.5) is 26.2 Å². The second-order valence-electron chi connectivity index (χ2n) is 6.15. The van der Waals surface area contributed by atoms with Gasteiger partial charge in [-0.2, -0.15) is 0 Å². The van der Waals surface area contributed by atoms with E-state index in [4.69, 9.17) is 11.6 Å². The van der Waals surface area contributed by atoms with Crippen LogP contribution >= 0.6 is 11.6 Å². The third-order valence-corrected chi connectivity index (χ3v) is 4.96. The van der Waals surface area contributed by atoms with Crippen molar-refractivity contribution in [1.82, 2.24) is 0 Å². The van der Waals surface area contributed by atoms with Gasteiger partial charge in [-0.3, -0.25) is 4.90 Å². The molecule has 0 saturated carbocycles. The quantitative estimate of drug-likeness (QED) is 0.826. The minimum atomic E-state index is -0.500. The first-order valence-electron chi connectivity index (χ1n) is 8.03. The van der Waals surface area contributed by atoms with Crippen molar-refractivity contribution >= 4 is 34.7 Å². The Labute approximate surface area is 144 Å². The minimum Gasteiger partial charge on any atom is -0.365 e. The first-order valence-corrected chi connectivity index (χ1v) is 8.40. The molecule has 1 atom stereocenters. The fourth-order valence-electron chi connectivity index (χ4n) is 3.54.